The minimum atomic E-state index is -0.0150. The minimum Gasteiger partial charge on any atom is -0.381 e. The number of amides is 2. The van der Waals surface area contributed by atoms with E-state index in [1.165, 1.54) is 25.7 Å². The van der Waals surface area contributed by atoms with Crippen LogP contribution < -0.4 is 0 Å². The Hall–Kier alpha value is -1.10. The van der Waals surface area contributed by atoms with Crippen LogP contribution in [0, 0.1) is 5.92 Å². The fraction of sp³-hybridized carbons (Fsp3) is 0.895. The second-order valence-electron chi connectivity index (χ2n) is 7.72. The number of rotatable bonds is 3. The highest BCUT2D eigenvalue weighted by atomic mass is 16.5. The molecule has 0 aromatic rings. The van der Waals surface area contributed by atoms with Gasteiger partial charge in [-0.1, -0.05) is 25.7 Å². The molecule has 1 atom stereocenters. The number of hydrogen-bond acceptors (Lipinski definition) is 3. The van der Waals surface area contributed by atoms with Crippen LogP contribution >= 0.6 is 0 Å². The van der Waals surface area contributed by atoms with Crippen LogP contribution in [-0.4, -0.2) is 60.5 Å². The highest BCUT2D eigenvalue weighted by molar-refractivity contribution is 5.84. The summed E-state index contributed by atoms with van der Waals surface area (Å²) in [5, 5.41) is 0. The number of nitrogens with zero attached hydrogens (tertiary/aromatic N) is 2. The first-order chi connectivity index (χ1) is 11.7. The van der Waals surface area contributed by atoms with Crippen LogP contribution in [0.25, 0.3) is 0 Å². The predicted molar refractivity (Wildman–Crippen MR) is 92.5 cm³/mol. The molecule has 0 unspecified atom stereocenters. The van der Waals surface area contributed by atoms with Gasteiger partial charge in [-0.3, -0.25) is 9.59 Å². The molecular formula is C19H32N2O3. The Morgan fingerprint density at radius 1 is 1.04 bits per heavy atom. The van der Waals surface area contributed by atoms with Crippen molar-refractivity contribution in [3.8, 4) is 0 Å². The summed E-state index contributed by atoms with van der Waals surface area (Å²) >= 11 is 0. The molecule has 2 amide bonds. The zero-order valence-electron chi connectivity index (χ0n) is 15.0. The third-order valence-electron chi connectivity index (χ3n) is 6.14. The smallest absolute Gasteiger partial charge is 0.227 e. The Kier molecular flexibility index (Phi) is 6.14. The van der Waals surface area contributed by atoms with Crippen LogP contribution in [0.2, 0.25) is 0 Å². The highest BCUT2D eigenvalue weighted by Crippen LogP contribution is 2.28. The van der Waals surface area contributed by atoms with Gasteiger partial charge < -0.3 is 14.5 Å². The van der Waals surface area contributed by atoms with E-state index < -0.39 is 0 Å². The summed E-state index contributed by atoms with van der Waals surface area (Å²) in [6, 6.07) is 0.666. The van der Waals surface area contributed by atoms with Crippen molar-refractivity contribution in [1.29, 1.82) is 0 Å². The molecule has 0 N–H and O–H groups in total. The predicted octanol–water partition coefficient (Wildman–Crippen LogP) is 2.59. The second kappa shape index (κ2) is 8.32. The molecule has 3 aliphatic rings. The Morgan fingerprint density at radius 3 is 2.38 bits per heavy atom. The molecule has 2 heterocycles. The van der Waals surface area contributed by atoms with Gasteiger partial charge in [0.25, 0.3) is 0 Å². The third-order valence-corrected chi connectivity index (χ3v) is 6.14. The Morgan fingerprint density at radius 2 is 1.71 bits per heavy atom. The Balaban J connectivity index is 1.61. The van der Waals surface area contributed by atoms with E-state index in [1.54, 1.807) is 0 Å². The third kappa shape index (κ3) is 4.11. The molecule has 0 bridgehead atoms. The fourth-order valence-electron chi connectivity index (χ4n) is 4.54. The summed E-state index contributed by atoms with van der Waals surface area (Å²) in [4.78, 5) is 29.4. The van der Waals surface area contributed by atoms with Crippen LogP contribution in [0.4, 0.5) is 0 Å². The van der Waals surface area contributed by atoms with Gasteiger partial charge in [0, 0.05) is 45.3 Å². The standard InChI is InChI=1S/C19H32N2O3/c1-20(16-10-12-24-13-11-16)19(23)15-8-9-18(22)21(14-15)17-6-4-2-3-5-7-17/h15-17H,2-14H2,1H3/t15-/m1/s1. The summed E-state index contributed by atoms with van der Waals surface area (Å²) < 4.78 is 5.41. The first kappa shape index (κ1) is 17.7. The van der Waals surface area contributed by atoms with E-state index in [0.29, 0.717) is 31.5 Å². The molecule has 0 radical (unpaired) electrons. The van der Waals surface area contributed by atoms with Crippen molar-refractivity contribution in [3.63, 3.8) is 0 Å². The lowest BCUT2D eigenvalue weighted by atomic mass is 9.92. The van der Waals surface area contributed by atoms with Gasteiger partial charge in [0.15, 0.2) is 0 Å². The van der Waals surface area contributed by atoms with Gasteiger partial charge in [0.05, 0.1) is 5.92 Å². The first-order valence-electron chi connectivity index (χ1n) is 9.80. The minimum absolute atomic E-state index is 0.0150. The van der Waals surface area contributed by atoms with Crippen molar-refractivity contribution in [2.24, 2.45) is 5.92 Å². The number of hydrogen-bond donors (Lipinski definition) is 0. The van der Waals surface area contributed by atoms with Crippen LogP contribution in [0.5, 0.6) is 0 Å². The molecule has 136 valence electrons. The van der Waals surface area contributed by atoms with Crippen LogP contribution in [-0.2, 0) is 14.3 Å². The monoisotopic (exact) mass is 336 g/mol. The van der Waals surface area contributed by atoms with Crippen LogP contribution in [0.15, 0.2) is 0 Å². The lowest BCUT2D eigenvalue weighted by Gasteiger charge is -2.40. The SMILES string of the molecule is CN(C(=O)[C@@H]1CCC(=O)N(C2CCCCCC2)C1)C1CCOCC1. The van der Waals surface area contributed by atoms with Crippen molar-refractivity contribution in [3.05, 3.63) is 0 Å². The van der Waals surface area contributed by atoms with Gasteiger partial charge in [-0.2, -0.15) is 0 Å². The lowest BCUT2D eigenvalue weighted by molar-refractivity contribution is -0.146. The molecule has 3 fully saturated rings. The zero-order chi connectivity index (χ0) is 16.9. The van der Waals surface area contributed by atoms with Gasteiger partial charge in [-0.05, 0) is 32.1 Å². The summed E-state index contributed by atoms with van der Waals surface area (Å²) in [6.45, 7) is 2.13. The van der Waals surface area contributed by atoms with Gasteiger partial charge in [-0.25, -0.2) is 0 Å². The maximum Gasteiger partial charge on any atom is 0.227 e. The fourth-order valence-corrected chi connectivity index (χ4v) is 4.54. The number of ether oxygens (including phenoxy) is 1. The highest BCUT2D eigenvalue weighted by Gasteiger charge is 2.36. The normalized spacial score (nSPS) is 27.8. The van der Waals surface area contributed by atoms with E-state index >= 15 is 0 Å². The molecule has 1 aliphatic carbocycles. The van der Waals surface area contributed by atoms with E-state index in [9.17, 15) is 9.59 Å². The maximum absolute atomic E-state index is 12.9. The molecule has 0 spiro atoms. The van der Waals surface area contributed by atoms with Crippen molar-refractivity contribution >= 4 is 11.8 Å². The summed E-state index contributed by atoms with van der Waals surface area (Å²) in [7, 11) is 1.94. The molecule has 0 aromatic heterocycles. The van der Waals surface area contributed by atoms with Crippen molar-refractivity contribution in [2.75, 3.05) is 26.8 Å². The van der Waals surface area contributed by atoms with Crippen molar-refractivity contribution in [1.82, 2.24) is 9.80 Å². The summed E-state index contributed by atoms with van der Waals surface area (Å²) in [6.07, 6.45) is 10.3. The van der Waals surface area contributed by atoms with Crippen molar-refractivity contribution < 1.29 is 14.3 Å². The quantitative estimate of drug-likeness (QED) is 0.744. The largest absolute Gasteiger partial charge is 0.381 e. The summed E-state index contributed by atoms with van der Waals surface area (Å²) in [5.41, 5.74) is 0. The molecular weight excluding hydrogens is 304 g/mol. The Bertz CT molecular complexity index is 440. The second-order valence-corrected chi connectivity index (χ2v) is 7.72. The summed E-state index contributed by atoms with van der Waals surface area (Å²) in [5.74, 6) is 0.478. The van der Waals surface area contributed by atoms with Gasteiger partial charge in [0.1, 0.15) is 0 Å². The van der Waals surface area contributed by atoms with Crippen LogP contribution in [0.1, 0.15) is 64.2 Å². The topological polar surface area (TPSA) is 49.9 Å². The average molecular weight is 336 g/mol. The van der Waals surface area contributed by atoms with Crippen molar-refractivity contribution in [2.45, 2.75) is 76.3 Å². The zero-order valence-corrected chi connectivity index (χ0v) is 15.0. The van der Waals surface area contributed by atoms with E-state index in [1.807, 2.05) is 11.9 Å². The molecule has 3 rings (SSSR count). The van der Waals surface area contributed by atoms with Gasteiger partial charge in [-0.15, -0.1) is 0 Å². The number of carbonyl (C=O) groups excluding carboxylic acids is 2. The molecule has 2 aliphatic heterocycles. The maximum atomic E-state index is 12.9. The molecule has 24 heavy (non-hydrogen) atoms. The van der Waals surface area contributed by atoms with E-state index in [0.717, 1.165) is 38.9 Å². The Labute approximate surface area is 145 Å². The number of carbonyl (C=O) groups is 2. The van der Waals surface area contributed by atoms with E-state index in [-0.39, 0.29) is 17.7 Å². The number of likely N-dealkylation sites (tertiary alicyclic amines) is 1. The van der Waals surface area contributed by atoms with E-state index in [2.05, 4.69) is 4.90 Å². The van der Waals surface area contributed by atoms with Gasteiger partial charge in [0.2, 0.25) is 11.8 Å². The molecule has 5 heteroatoms. The number of piperidine rings is 1. The van der Waals surface area contributed by atoms with Gasteiger partial charge >= 0.3 is 0 Å². The molecule has 2 saturated heterocycles. The lowest BCUT2D eigenvalue weighted by Crippen LogP contribution is -2.52. The molecule has 0 aromatic carbocycles. The average Bonchev–Trinajstić information content (AvgIpc) is 2.91. The molecule has 5 nitrogen and oxygen atoms in total. The molecule has 1 saturated carbocycles. The van der Waals surface area contributed by atoms with E-state index in [4.69, 9.17) is 4.74 Å². The van der Waals surface area contributed by atoms with Crippen LogP contribution in [0.3, 0.4) is 0 Å². The first-order valence-corrected chi connectivity index (χ1v) is 9.80.